The fourth-order valence-electron chi connectivity index (χ4n) is 3.31. The lowest BCUT2D eigenvalue weighted by atomic mass is 9.91. The van der Waals surface area contributed by atoms with Gasteiger partial charge in [-0.2, -0.15) is 0 Å². The molecule has 88 valence electrons. The van der Waals surface area contributed by atoms with Gasteiger partial charge in [0.2, 0.25) is 0 Å². The minimum atomic E-state index is 0.374. The van der Waals surface area contributed by atoms with Gasteiger partial charge in [0.05, 0.1) is 13.2 Å². The van der Waals surface area contributed by atoms with Gasteiger partial charge in [0.1, 0.15) is 0 Å². The molecule has 0 spiro atoms. The van der Waals surface area contributed by atoms with Crippen molar-refractivity contribution in [2.75, 3.05) is 26.3 Å². The molecular formula is C13H25NO. The maximum Gasteiger partial charge on any atom is 0.0510 e. The molecule has 2 aliphatic heterocycles. The van der Waals surface area contributed by atoms with Crippen molar-refractivity contribution >= 4 is 0 Å². The highest BCUT2D eigenvalue weighted by atomic mass is 16.5. The van der Waals surface area contributed by atoms with E-state index < -0.39 is 0 Å². The summed E-state index contributed by atoms with van der Waals surface area (Å²) in [7, 11) is 0. The van der Waals surface area contributed by atoms with Crippen LogP contribution in [0, 0.1) is 17.8 Å². The molecule has 0 aromatic heterocycles. The van der Waals surface area contributed by atoms with Crippen molar-refractivity contribution in [2.24, 2.45) is 17.8 Å². The van der Waals surface area contributed by atoms with Gasteiger partial charge < -0.3 is 4.74 Å². The topological polar surface area (TPSA) is 12.5 Å². The Bertz CT molecular complexity index is 213. The number of hydrogen-bond donors (Lipinski definition) is 0. The largest absolute Gasteiger partial charge is 0.381 e. The highest BCUT2D eigenvalue weighted by molar-refractivity contribution is 4.94. The van der Waals surface area contributed by atoms with E-state index in [4.69, 9.17) is 4.74 Å². The molecule has 2 nitrogen and oxygen atoms in total. The molecule has 2 fully saturated rings. The molecule has 2 heterocycles. The highest BCUT2D eigenvalue weighted by Crippen LogP contribution is 2.35. The zero-order valence-electron chi connectivity index (χ0n) is 10.6. The van der Waals surface area contributed by atoms with Gasteiger partial charge in [0.15, 0.2) is 0 Å². The van der Waals surface area contributed by atoms with Crippen LogP contribution in [0.5, 0.6) is 0 Å². The Labute approximate surface area is 94.0 Å². The molecule has 0 aromatic rings. The van der Waals surface area contributed by atoms with Crippen molar-refractivity contribution in [3.8, 4) is 0 Å². The van der Waals surface area contributed by atoms with Gasteiger partial charge >= 0.3 is 0 Å². The number of rotatable bonds is 3. The fourth-order valence-corrected chi connectivity index (χ4v) is 3.31. The van der Waals surface area contributed by atoms with Crippen molar-refractivity contribution in [3.63, 3.8) is 0 Å². The van der Waals surface area contributed by atoms with E-state index in [-0.39, 0.29) is 0 Å². The van der Waals surface area contributed by atoms with Crippen molar-refractivity contribution in [2.45, 2.75) is 39.7 Å². The first-order chi connectivity index (χ1) is 6.99. The van der Waals surface area contributed by atoms with Crippen molar-refractivity contribution in [3.05, 3.63) is 0 Å². The number of nitrogens with zero attached hydrogens (tertiary/aromatic N) is 1. The molecule has 2 heteroatoms. The third-order valence-electron chi connectivity index (χ3n) is 4.00. The van der Waals surface area contributed by atoms with Gasteiger partial charge in [-0.25, -0.2) is 0 Å². The number of ether oxygens (including phenoxy) is 1. The average Bonchev–Trinajstić information content (AvgIpc) is 2.56. The van der Waals surface area contributed by atoms with Crippen LogP contribution in [0.15, 0.2) is 0 Å². The standard InChI is InChI=1S/C13H25NO/c1-10(2)5-13(3,4)14-6-11-8-15-9-12(11)7-14/h10-12H,5-9H2,1-4H3. The summed E-state index contributed by atoms with van der Waals surface area (Å²) in [6.45, 7) is 13.9. The molecule has 0 amide bonds. The molecule has 0 saturated carbocycles. The SMILES string of the molecule is CC(C)CC(C)(C)N1CC2COCC2C1. The first-order valence-electron chi connectivity index (χ1n) is 6.32. The van der Waals surface area contributed by atoms with Crippen molar-refractivity contribution in [1.29, 1.82) is 0 Å². The Morgan fingerprint density at radius 1 is 1.20 bits per heavy atom. The summed E-state index contributed by atoms with van der Waals surface area (Å²) < 4.78 is 5.53. The lowest BCUT2D eigenvalue weighted by molar-refractivity contribution is 0.0902. The third-order valence-corrected chi connectivity index (χ3v) is 4.00. The van der Waals surface area contributed by atoms with E-state index in [1.54, 1.807) is 0 Å². The summed E-state index contributed by atoms with van der Waals surface area (Å²) in [6, 6.07) is 0. The Balaban J connectivity index is 1.94. The average molecular weight is 211 g/mol. The molecule has 2 saturated heterocycles. The van der Waals surface area contributed by atoms with Crippen molar-refractivity contribution < 1.29 is 4.74 Å². The molecule has 2 unspecified atom stereocenters. The second kappa shape index (κ2) is 4.06. The van der Waals surface area contributed by atoms with E-state index in [0.29, 0.717) is 5.54 Å². The second-order valence-electron chi connectivity index (χ2n) is 6.37. The number of hydrogen-bond acceptors (Lipinski definition) is 2. The minimum absolute atomic E-state index is 0.374. The Kier molecular flexibility index (Phi) is 3.09. The van der Waals surface area contributed by atoms with Crippen LogP contribution in [0.25, 0.3) is 0 Å². The van der Waals surface area contributed by atoms with Crippen LogP contribution in [0.1, 0.15) is 34.1 Å². The fraction of sp³-hybridized carbons (Fsp3) is 1.00. The summed E-state index contributed by atoms with van der Waals surface area (Å²) >= 11 is 0. The molecular weight excluding hydrogens is 186 g/mol. The van der Waals surface area contributed by atoms with E-state index in [9.17, 15) is 0 Å². The van der Waals surface area contributed by atoms with Crippen LogP contribution in [0.4, 0.5) is 0 Å². The molecule has 2 atom stereocenters. The van der Waals surface area contributed by atoms with Crippen LogP contribution in [0.2, 0.25) is 0 Å². The van der Waals surface area contributed by atoms with Gasteiger partial charge in [-0.1, -0.05) is 13.8 Å². The molecule has 0 aliphatic carbocycles. The maximum atomic E-state index is 5.53. The summed E-state index contributed by atoms with van der Waals surface area (Å²) in [5, 5.41) is 0. The van der Waals surface area contributed by atoms with Crippen LogP contribution in [-0.2, 0) is 4.74 Å². The minimum Gasteiger partial charge on any atom is -0.381 e. The summed E-state index contributed by atoms with van der Waals surface area (Å²) in [5.41, 5.74) is 0.374. The maximum absolute atomic E-state index is 5.53. The number of fused-ring (bicyclic) bond motifs is 1. The predicted octanol–water partition coefficient (Wildman–Crippen LogP) is 2.39. The Morgan fingerprint density at radius 3 is 2.20 bits per heavy atom. The zero-order chi connectivity index (χ0) is 11.1. The second-order valence-corrected chi connectivity index (χ2v) is 6.37. The predicted molar refractivity (Wildman–Crippen MR) is 62.9 cm³/mol. The van der Waals surface area contributed by atoms with Crippen LogP contribution >= 0.6 is 0 Å². The van der Waals surface area contributed by atoms with E-state index in [1.165, 1.54) is 19.5 Å². The van der Waals surface area contributed by atoms with Gasteiger partial charge in [-0.3, -0.25) is 4.90 Å². The molecule has 2 aliphatic rings. The molecule has 15 heavy (non-hydrogen) atoms. The summed E-state index contributed by atoms with van der Waals surface area (Å²) in [6.07, 6.45) is 1.30. The molecule has 0 N–H and O–H groups in total. The van der Waals surface area contributed by atoms with Gasteiger partial charge in [-0.15, -0.1) is 0 Å². The van der Waals surface area contributed by atoms with Gasteiger partial charge in [0.25, 0.3) is 0 Å². The van der Waals surface area contributed by atoms with Gasteiger partial charge in [0, 0.05) is 30.5 Å². The lowest BCUT2D eigenvalue weighted by Crippen LogP contribution is -2.44. The van der Waals surface area contributed by atoms with Crippen LogP contribution < -0.4 is 0 Å². The molecule has 2 rings (SSSR count). The van der Waals surface area contributed by atoms with E-state index in [1.807, 2.05) is 0 Å². The van der Waals surface area contributed by atoms with Crippen molar-refractivity contribution in [1.82, 2.24) is 4.90 Å². The number of likely N-dealkylation sites (tertiary alicyclic amines) is 1. The summed E-state index contributed by atoms with van der Waals surface area (Å²) in [4.78, 5) is 2.69. The zero-order valence-corrected chi connectivity index (χ0v) is 10.6. The first-order valence-corrected chi connectivity index (χ1v) is 6.32. The van der Waals surface area contributed by atoms with E-state index in [2.05, 4.69) is 32.6 Å². The lowest BCUT2D eigenvalue weighted by Gasteiger charge is -2.37. The first kappa shape index (κ1) is 11.4. The Morgan fingerprint density at radius 2 is 1.73 bits per heavy atom. The Hall–Kier alpha value is -0.0800. The van der Waals surface area contributed by atoms with E-state index >= 15 is 0 Å². The van der Waals surface area contributed by atoms with E-state index in [0.717, 1.165) is 31.0 Å². The van der Waals surface area contributed by atoms with Crippen LogP contribution in [-0.4, -0.2) is 36.7 Å². The normalized spacial score (nSPS) is 32.6. The van der Waals surface area contributed by atoms with Gasteiger partial charge in [-0.05, 0) is 26.2 Å². The summed E-state index contributed by atoms with van der Waals surface area (Å²) in [5.74, 6) is 2.42. The third kappa shape index (κ3) is 2.36. The molecule has 0 bridgehead atoms. The molecule has 0 aromatic carbocycles. The highest BCUT2D eigenvalue weighted by Gasteiger charge is 2.42. The molecule has 0 radical (unpaired) electrons. The quantitative estimate of drug-likeness (QED) is 0.710. The smallest absolute Gasteiger partial charge is 0.0510 e. The monoisotopic (exact) mass is 211 g/mol. The van der Waals surface area contributed by atoms with Crippen LogP contribution in [0.3, 0.4) is 0 Å².